The average Bonchev–Trinajstić information content (AvgIpc) is 2.11. The minimum Gasteiger partial charge on any atom is -0.318 e. The highest BCUT2D eigenvalue weighted by Crippen LogP contribution is 2.37. The van der Waals surface area contributed by atoms with Gasteiger partial charge >= 0.3 is 0 Å². The highest BCUT2D eigenvalue weighted by atomic mass is 127. The highest BCUT2D eigenvalue weighted by Gasteiger charge is 2.16. The molecule has 0 aliphatic heterocycles. The van der Waals surface area contributed by atoms with E-state index in [4.69, 9.17) is 0 Å². The van der Waals surface area contributed by atoms with Crippen molar-refractivity contribution in [2.45, 2.75) is 0 Å². The maximum atomic E-state index is 11.5. The van der Waals surface area contributed by atoms with Gasteiger partial charge < -0.3 is 4.57 Å². The summed E-state index contributed by atoms with van der Waals surface area (Å²) in [5.41, 5.74) is 1.73. The summed E-state index contributed by atoms with van der Waals surface area (Å²) in [7, 11) is -2.06. The lowest BCUT2D eigenvalue weighted by molar-refractivity contribution is 0.588. The molecule has 56 valence electrons. The molecule has 0 saturated heterocycles. The van der Waals surface area contributed by atoms with Gasteiger partial charge in [-0.25, -0.2) is 4.98 Å². The molecular formula is C5H7INOPS. The van der Waals surface area contributed by atoms with Crippen LogP contribution in [0.25, 0.3) is 0 Å². The largest absolute Gasteiger partial charge is 0.318 e. The van der Waals surface area contributed by atoms with E-state index in [-0.39, 0.29) is 0 Å². The molecule has 0 aliphatic carbocycles. The summed E-state index contributed by atoms with van der Waals surface area (Å²) in [5, 5.41) is 0. The molecule has 1 aromatic heterocycles. The zero-order valence-electron chi connectivity index (χ0n) is 5.67. The molecule has 0 N–H and O–H groups in total. The molecular weight excluding hydrogens is 280 g/mol. The molecule has 1 heterocycles. The van der Waals surface area contributed by atoms with Crippen molar-refractivity contribution in [3.63, 3.8) is 0 Å². The summed E-state index contributed by atoms with van der Waals surface area (Å²) in [6.07, 6.45) is 0. The van der Waals surface area contributed by atoms with Gasteiger partial charge in [-0.3, -0.25) is 0 Å². The number of nitrogens with zero attached hydrogens (tertiary/aromatic N) is 1. The fraction of sp³-hybridized carbons (Fsp3) is 0.400. The molecule has 1 rings (SSSR count). The van der Waals surface area contributed by atoms with E-state index >= 15 is 0 Å². The lowest BCUT2D eigenvalue weighted by atomic mass is 11.0. The van der Waals surface area contributed by atoms with Crippen LogP contribution < -0.4 is 4.62 Å². The molecule has 1 aromatic rings. The Morgan fingerprint density at radius 3 is 2.50 bits per heavy atom. The molecule has 0 unspecified atom stereocenters. The molecule has 10 heavy (non-hydrogen) atoms. The van der Waals surface area contributed by atoms with Crippen LogP contribution in [0.4, 0.5) is 0 Å². The maximum Gasteiger partial charge on any atom is 0.122 e. The van der Waals surface area contributed by atoms with Gasteiger partial charge in [0.2, 0.25) is 0 Å². The zero-order chi connectivity index (χ0) is 7.78. The second kappa shape index (κ2) is 2.91. The monoisotopic (exact) mass is 287 g/mol. The van der Waals surface area contributed by atoms with E-state index in [1.165, 1.54) is 11.3 Å². The van der Waals surface area contributed by atoms with Crippen LogP contribution in [0.2, 0.25) is 0 Å². The first-order valence-electron chi connectivity index (χ1n) is 2.66. The first kappa shape index (κ1) is 8.68. The van der Waals surface area contributed by atoms with Crippen molar-refractivity contribution in [3.05, 3.63) is 9.21 Å². The van der Waals surface area contributed by atoms with Crippen molar-refractivity contribution in [3.8, 4) is 0 Å². The van der Waals surface area contributed by atoms with E-state index in [2.05, 4.69) is 27.6 Å². The van der Waals surface area contributed by atoms with Gasteiger partial charge in [-0.1, -0.05) is 0 Å². The van der Waals surface area contributed by atoms with E-state index in [0.29, 0.717) is 0 Å². The topological polar surface area (TPSA) is 30.0 Å². The van der Waals surface area contributed by atoms with Crippen LogP contribution in [-0.4, -0.2) is 18.3 Å². The molecule has 2 nitrogen and oxygen atoms in total. The van der Waals surface area contributed by atoms with Gasteiger partial charge in [0.1, 0.15) is 10.8 Å². The van der Waals surface area contributed by atoms with Crippen molar-refractivity contribution in [1.82, 2.24) is 4.98 Å². The summed E-state index contributed by atoms with van der Waals surface area (Å²) < 4.78 is 13.3. The SMILES string of the molecule is CP(C)(=O)c1scnc1I. The first-order chi connectivity index (χ1) is 4.52. The van der Waals surface area contributed by atoms with Crippen molar-refractivity contribution >= 4 is 45.7 Å². The third kappa shape index (κ3) is 1.80. The number of thiazole rings is 1. The summed E-state index contributed by atoms with van der Waals surface area (Å²) in [4.78, 5) is 4.02. The van der Waals surface area contributed by atoms with Crippen molar-refractivity contribution in [2.24, 2.45) is 0 Å². The Morgan fingerprint density at radius 2 is 2.30 bits per heavy atom. The Kier molecular flexibility index (Phi) is 2.53. The highest BCUT2D eigenvalue weighted by molar-refractivity contribution is 14.1. The Bertz CT molecular complexity index is 279. The fourth-order valence-corrected chi connectivity index (χ4v) is 5.09. The van der Waals surface area contributed by atoms with Gasteiger partial charge in [-0.2, -0.15) is 0 Å². The molecule has 0 spiro atoms. The molecule has 0 saturated carbocycles. The second-order valence-electron chi connectivity index (χ2n) is 2.30. The number of halogens is 1. The number of hydrogen-bond acceptors (Lipinski definition) is 3. The normalized spacial score (nSPS) is 11.9. The molecule has 0 aliphatic rings. The Morgan fingerprint density at radius 1 is 1.70 bits per heavy atom. The van der Waals surface area contributed by atoms with Crippen LogP contribution in [0.3, 0.4) is 0 Å². The quantitative estimate of drug-likeness (QED) is 0.584. The Hall–Kier alpha value is 0.590. The third-order valence-electron chi connectivity index (χ3n) is 0.996. The summed E-state index contributed by atoms with van der Waals surface area (Å²) in [6.45, 7) is 3.53. The predicted octanol–water partition coefficient (Wildman–Crippen LogP) is 2.00. The average molecular weight is 287 g/mol. The van der Waals surface area contributed by atoms with Gasteiger partial charge in [0, 0.05) is 0 Å². The van der Waals surface area contributed by atoms with Gasteiger partial charge in [0.15, 0.2) is 0 Å². The lowest BCUT2D eigenvalue weighted by Crippen LogP contribution is -2.00. The van der Waals surface area contributed by atoms with E-state index in [1.54, 1.807) is 18.8 Å². The Balaban J connectivity index is 3.18. The minimum atomic E-state index is -2.06. The second-order valence-corrected chi connectivity index (χ2v) is 7.63. The first-order valence-corrected chi connectivity index (χ1v) is 7.22. The smallest absolute Gasteiger partial charge is 0.122 e. The third-order valence-corrected chi connectivity index (χ3v) is 6.06. The van der Waals surface area contributed by atoms with E-state index in [9.17, 15) is 4.57 Å². The molecule has 0 bridgehead atoms. The van der Waals surface area contributed by atoms with E-state index < -0.39 is 7.14 Å². The maximum absolute atomic E-state index is 11.5. The van der Waals surface area contributed by atoms with E-state index in [0.717, 1.165) is 8.32 Å². The van der Waals surface area contributed by atoms with Crippen LogP contribution in [0, 0.1) is 3.70 Å². The van der Waals surface area contributed by atoms with Crippen molar-refractivity contribution in [2.75, 3.05) is 13.3 Å². The van der Waals surface area contributed by atoms with Gasteiger partial charge in [-0.15, -0.1) is 11.3 Å². The summed E-state index contributed by atoms with van der Waals surface area (Å²) in [5.74, 6) is 0. The molecule has 0 fully saturated rings. The fourth-order valence-electron chi connectivity index (χ4n) is 0.575. The number of rotatable bonds is 1. The molecule has 0 aromatic carbocycles. The predicted molar refractivity (Wildman–Crippen MR) is 53.9 cm³/mol. The van der Waals surface area contributed by atoms with Crippen LogP contribution in [0.5, 0.6) is 0 Å². The standard InChI is InChI=1S/C5H7INOPS/c1-9(2,8)5-4(6)7-3-10-5/h3H,1-2H3. The molecule has 0 atom stereocenters. The van der Waals surface area contributed by atoms with E-state index in [1.807, 2.05) is 0 Å². The van der Waals surface area contributed by atoms with Crippen LogP contribution in [-0.2, 0) is 4.57 Å². The van der Waals surface area contributed by atoms with Gasteiger partial charge in [0.25, 0.3) is 0 Å². The van der Waals surface area contributed by atoms with Crippen molar-refractivity contribution in [1.29, 1.82) is 0 Å². The zero-order valence-corrected chi connectivity index (χ0v) is 9.53. The van der Waals surface area contributed by atoms with Gasteiger partial charge in [-0.05, 0) is 35.9 Å². The Labute approximate surface area is 77.6 Å². The van der Waals surface area contributed by atoms with Crippen LogP contribution >= 0.6 is 41.1 Å². The number of aromatic nitrogens is 1. The summed E-state index contributed by atoms with van der Waals surface area (Å²) in [6, 6.07) is 0. The number of hydrogen-bond donors (Lipinski definition) is 0. The molecule has 0 radical (unpaired) electrons. The van der Waals surface area contributed by atoms with Crippen molar-refractivity contribution < 1.29 is 4.57 Å². The minimum absolute atomic E-state index is 0.885. The van der Waals surface area contributed by atoms with Crippen LogP contribution in [0.1, 0.15) is 0 Å². The molecule has 0 amide bonds. The van der Waals surface area contributed by atoms with Gasteiger partial charge in [0.05, 0.1) is 10.1 Å². The summed E-state index contributed by atoms with van der Waals surface area (Å²) >= 11 is 3.58. The van der Waals surface area contributed by atoms with Crippen LogP contribution in [0.15, 0.2) is 5.51 Å². The lowest BCUT2D eigenvalue weighted by Gasteiger charge is -2.00. The molecule has 5 heteroatoms.